The number of carbonyl (C=O) groups is 1. The molecular weight excluding hydrogens is 390 g/mol. The van der Waals surface area contributed by atoms with Crippen LogP contribution >= 0.6 is 0 Å². The first kappa shape index (κ1) is 22.7. The van der Waals surface area contributed by atoms with Crippen LogP contribution in [0.5, 0.6) is 5.75 Å². The third-order valence-electron chi connectivity index (χ3n) is 3.59. The summed E-state index contributed by atoms with van der Waals surface area (Å²) in [5.74, 6) is 0.773. The maximum Gasteiger partial charge on any atom is 0.319 e. The van der Waals surface area contributed by atoms with Gasteiger partial charge < -0.3 is 15.4 Å². The zero-order valence-corrected chi connectivity index (χ0v) is 18.3. The van der Waals surface area contributed by atoms with E-state index in [9.17, 15) is 13.2 Å². The molecule has 0 aromatic heterocycles. The van der Waals surface area contributed by atoms with E-state index in [-0.39, 0.29) is 11.0 Å². The Morgan fingerprint density at radius 2 is 1.72 bits per heavy atom. The van der Waals surface area contributed by atoms with Crippen LogP contribution in [0.15, 0.2) is 53.4 Å². The fraction of sp³-hybridized carbons (Fsp3) is 0.381. The molecule has 2 amide bonds. The molecule has 3 N–H and O–H groups in total. The average Bonchev–Trinajstić information content (AvgIpc) is 2.59. The van der Waals surface area contributed by atoms with Gasteiger partial charge in [-0.3, -0.25) is 0 Å². The van der Waals surface area contributed by atoms with Crippen molar-refractivity contribution in [1.82, 2.24) is 10.0 Å². The van der Waals surface area contributed by atoms with Gasteiger partial charge in [-0.1, -0.05) is 18.2 Å². The highest BCUT2D eigenvalue weighted by Gasteiger charge is 2.22. The normalized spacial score (nSPS) is 11.9. The molecule has 0 atom stereocenters. The minimum atomic E-state index is -3.68. The average molecular weight is 420 g/mol. The van der Waals surface area contributed by atoms with E-state index in [1.165, 1.54) is 12.1 Å². The summed E-state index contributed by atoms with van der Waals surface area (Å²) < 4.78 is 33.1. The Morgan fingerprint density at radius 3 is 2.31 bits per heavy atom. The minimum absolute atomic E-state index is 0.0889. The van der Waals surface area contributed by atoms with Gasteiger partial charge in [0.1, 0.15) is 5.75 Å². The van der Waals surface area contributed by atoms with Gasteiger partial charge in [0, 0.05) is 17.8 Å². The van der Waals surface area contributed by atoms with Crippen LogP contribution in [-0.4, -0.2) is 26.1 Å². The number of benzene rings is 2. The summed E-state index contributed by atoms with van der Waals surface area (Å²) in [6.45, 7) is 9.54. The highest BCUT2D eigenvalue weighted by Crippen LogP contribution is 2.18. The zero-order valence-electron chi connectivity index (χ0n) is 17.4. The SMILES string of the molecule is CC(C)Oc1ccc(CNC(=O)Nc2cccc(S(=O)(=O)NC(C)(C)C)c2)cc1. The van der Waals surface area contributed by atoms with E-state index in [0.717, 1.165) is 11.3 Å². The summed E-state index contributed by atoms with van der Waals surface area (Å²) in [7, 11) is -3.68. The largest absolute Gasteiger partial charge is 0.491 e. The maximum atomic E-state index is 12.4. The summed E-state index contributed by atoms with van der Waals surface area (Å²) in [6, 6.07) is 13.2. The van der Waals surface area contributed by atoms with Gasteiger partial charge in [-0.15, -0.1) is 0 Å². The molecule has 0 fully saturated rings. The topological polar surface area (TPSA) is 96.5 Å². The van der Waals surface area contributed by atoms with Crippen LogP contribution in [-0.2, 0) is 16.6 Å². The molecule has 0 aliphatic rings. The van der Waals surface area contributed by atoms with Crippen molar-refractivity contribution in [1.29, 1.82) is 0 Å². The third-order valence-corrected chi connectivity index (χ3v) is 5.35. The Kier molecular flexibility index (Phi) is 7.26. The van der Waals surface area contributed by atoms with Crippen LogP contribution in [0, 0.1) is 0 Å². The molecule has 0 aliphatic carbocycles. The van der Waals surface area contributed by atoms with Crippen LogP contribution in [0.4, 0.5) is 10.5 Å². The summed E-state index contributed by atoms with van der Waals surface area (Å²) in [5.41, 5.74) is 0.706. The Labute approximate surface area is 172 Å². The molecular formula is C21H29N3O4S. The molecule has 2 aromatic rings. The number of anilines is 1. The molecule has 7 nitrogen and oxygen atoms in total. The number of sulfonamides is 1. The van der Waals surface area contributed by atoms with Crippen LogP contribution < -0.4 is 20.1 Å². The van der Waals surface area contributed by atoms with Crippen LogP contribution in [0.25, 0.3) is 0 Å². The monoisotopic (exact) mass is 419 g/mol. The molecule has 29 heavy (non-hydrogen) atoms. The Hall–Kier alpha value is -2.58. The Balaban J connectivity index is 1.96. The highest BCUT2D eigenvalue weighted by molar-refractivity contribution is 7.89. The van der Waals surface area contributed by atoms with E-state index in [1.54, 1.807) is 32.9 Å². The Bertz CT molecular complexity index is 933. The van der Waals surface area contributed by atoms with E-state index in [0.29, 0.717) is 12.2 Å². The van der Waals surface area contributed by atoms with Gasteiger partial charge in [-0.05, 0) is 70.5 Å². The van der Waals surface area contributed by atoms with Crippen LogP contribution in [0.3, 0.4) is 0 Å². The minimum Gasteiger partial charge on any atom is -0.491 e. The molecule has 0 spiro atoms. The first-order valence-electron chi connectivity index (χ1n) is 9.39. The van der Waals surface area contributed by atoms with Gasteiger partial charge in [0.25, 0.3) is 0 Å². The fourth-order valence-electron chi connectivity index (χ4n) is 2.52. The summed E-state index contributed by atoms with van der Waals surface area (Å²) in [5, 5.41) is 5.41. The van der Waals surface area contributed by atoms with Crippen molar-refractivity contribution in [3.63, 3.8) is 0 Å². The van der Waals surface area contributed by atoms with Crippen molar-refractivity contribution >= 4 is 21.7 Å². The molecule has 158 valence electrons. The van der Waals surface area contributed by atoms with Gasteiger partial charge in [-0.25, -0.2) is 17.9 Å². The van der Waals surface area contributed by atoms with Gasteiger partial charge in [-0.2, -0.15) is 0 Å². The van der Waals surface area contributed by atoms with Crippen molar-refractivity contribution in [2.45, 2.75) is 57.7 Å². The highest BCUT2D eigenvalue weighted by atomic mass is 32.2. The molecule has 2 aromatic carbocycles. The Morgan fingerprint density at radius 1 is 1.07 bits per heavy atom. The number of ether oxygens (including phenoxy) is 1. The van der Waals surface area contributed by atoms with Crippen molar-refractivity contribution in [3.05, 3.63) is 54.1 Å². The third kappa shape index (κ3) is 7.75. The number of amides is 2. The fourth-order valence-corrected chi connectivity index (χ4v) is 3.98. The number of urea groups is 1. The number of nitrogens with one attached hydrogen (secondary N) is 3. The first-order valence-corrected chi connectivity index (χ1v) is 10.9. The molecule has 0 unspecified atom stereocenters. The molecule has 0 heterocycles. The van der Waals surface area contributed by atoms with E-state index < -0.39 is 21.6 Å². The van der Waals surface area contributed by atoms with Gasteiger partial charge in [0.15, 0.2) is 0 Å². The number of hydrogen-bond acceptors (Lipinski definition) is 4. The van der Waals surface area contributed by atoms with Crippen LogP contribution in [0.1, 0.15) is 40.2 Å². The van der Waals surface area contributed by atoms with Crippen molar-refractivity contribution in [3.8, 4) is 5.75 Å². The number of rotatable bonds is 7. The van der Waals surface area contributed by atoms with Gasteiger partial charge in [0.2, 0.25) is 10.0 Å². The predicted molar refractivity (Wildman–Crippen MR) is 115 cm³/mol. The lowest BCUT2D eigenvalue weighted by Gasteiger charge is -2.20. The molecule has 2 rings (SSSR count). The van der Waals surface area contributed by atoms with Gasteiger partial charge >= 0.3 is 6.03 Å². The van der Waals surface area contributed by atoms with Crippen molar-refractivity contribution < 1.29 is 17.9 Å². The van der Waals surface area contributed by atoms with E-state index in [1.807, 2.05) is 38.1 Å². The molecule has 0 saturated carbocycles. The number of carbonyl (C=O) groups excluding carboxylic acids is 1. The standard InChI is InChI=1S/C21H29N3O4S/c1-15(2)28-18-11-9-16(10-12-18)14-22-20(25)23-17-7-6-8-19(13-17)29(26,27)24-21(3,4)5/h6-13,15,24H,14H2,1-5H3,(H2,22,23,25). The lowest BCUT2D eigenvalue weighted by Crippen LogP contribution is -2.40. The number of hydrogen-bond donors (Lipinski definition) is 3. The van der Waals surface area contributed by atoms with Crippen molar-refractivity contribution in [2.75, 3.05) is 5.32 Å². The maximum absolute atomic E-state index is 12.4. The zero-order chi connectivity index (χ0) is 21.7. The van der Waals surface area contributed by atoms with E-state index in [4.69, 9.17) is 4.74 Å². The summed E-state index contributed by atoms with van der Waals surface area (Å²) >= 11 is 0. The quantitative estimate of drug-likeness (QED) is 0.635. The lowest BCUT2D eigenvalue weighted by molar-refractivity contribution is 0.242. The second kappa shape index (κ2) is 9.28. The molecule has 8 heteroatoms. The van der Waals surface area contributed by atoms with Crippen LogP contribution in [0.2, 0.25) is 0 Å². The summed E-state index contributed by atoms with van der Waals surface area (Å²) in [4.78, 5) is 12.3. The van der Waals surface area contributed by atoms with E-state index in [2.05, 4.69) is 15.4 Å². The lowest BCUT2D eigenvalue weighted by atomic mass is 10.1. The van der Waals surface area contributed by atoms with Gasteiger partial charge in [0.05, 0.1) is 11.0 Å². The molecule has 0 aliphatic heterocycles. The second-order valence-corrected chi connectivity index (χ2v) is 9.68. The molecule has 0 radical (unpaired) electrons. The van der Waals surface area contributed by atoms with Crippen molar-refractivity contribution in [2.24, 2.45) is 0 Å². The van der Waals surface area contributed by atoms with E-state index >= 15 is 0 Å². The molecule has 0 saturated heterocycles. The second-order valence-electron chi connectivity index (χ2n) is 8.00. The predicted octanol–water partition coefficient (Wildman–Crippen LogP) is 3.87. The smallest absolute Gasteiger partial charge is 0.319 e. The summed E-state index contributed by atoms with van der Waals surface area (Å²) in [6.07, 6.45) is 0.0999. The molecule has 0 bridgehead atoms. The first-order chi connectivity index (χ1) is 13.4.